The molecule has 0 aliphatic carbocycles. The number of hydrogen-bond acceptors (Lipinski definition) is 3. The number of quaternary nitrogens is 1. The van der Waals surface area contributed by atoms with Crippen LogP contribution in [0.5, 0.6) is 0 Å². The molecule has 0 atom stereocenters. The van der Waals surface area contributed by atoms with Crippen LogP contribution in [-0.4, -0.2) is 54.8 Å². The topological polar surface area (TPSA) is 70.9 Å². The van der Waals surface area contributed by atoms with Crippen molar-refractivity contribution < 1.29 is 19.3 Å². The number of fused-ring (bicyclic) bond motifs is 1. The first-order valence-corrected chi connectivity index (χ1v) is 9.30. The van der Waals surface area contributed by atoms with Gasteiger partial charge in [-0.2, -0.15) is 0 Å². The van der Waals surface area contributed by atoms with E-state index in [1.165, 1.54) is 25.1 Å². The predicted octanol–water partition coefficient (Wildman–Crippen LogP) is 0.656. The highest BCUT2D eigenvalue weighted by Gasteiger charge is 2.35. The Balaban J connectivity index is 1.66. The lowest BCUT2D eigenvalue weighted by Gasteiger charge is -2.29. The Kier molecular flexibility index (Phi) is 5.52. The predicted molar refractivity (Wildman–Crippen MR) is 98.3 cm³/mol. The van der Waals surface area contributed by atoms with E-state index in [1.54, 1.807) is 17.0 Å². The van der Waals surface area contributed by atoms with E-state index in [0.717, 1.165) is 30.8 Å². The van der Waals surface area contributed by atoms with Crippen LogP contribution in [0.2, 0.25) is 0 Å². The number of likely N-dealkylation sites (tertiary alicyclic amines) is 1. The first-order chi connectivity index (χ1) is 12.5. The number of amides is 3. The molecule has 3 rings (SSSR count). The Morgan fingerprint density at radius 1 is 1.27 bits per heavy atom. The molecule has 0 saturated carbocycles. The van der Waals surface area contributed by atoms with Crippen molar-refractivity contribution in [2.75, 3.05) is 26.2 Å². The highest BCUT2D eigenvalue weighted by atomic mass is 16.2. The monoisotopic (exact) mass is 356 g/mol. The fourth-order valence-corrected chi connectivity index (χ4v) is 3.77. The van der Waals surface area contributed by atoms with Crippen LogP contribution in [-0.2, 0) is 0 Å². The molecule has 1 fully saturated rings. The summed E-state index contributed by atoms with van der Waals surface area (Å²) in [5.41, 5.74) is 1.07. The minimum absolute atomic E-state index is 0.172. The molecule has 26 heavy (non-hydrogen) atoms. The van der Waals surface area contributed by atoms with Gasteiger partial charge in [0.25, 0.3) is 17.7 Å². The smallest absolute Gasteiger partial charge is 0.261 e. The first-order valence-electron chi connectivity index (χ1n) is 9.30. The van der Waals surface area contributed by atoms with Crippen LogP contribution >= 0.6 is 0 Å². The SMILES string of the molecule is C=CCN1C(=O)c2ccc(C(=O)NC3CC[NH+](CCC)CC3)cc2C1=O. The van der Waals surface area contributed by atoms with E-state index in [1.807, 2.05) is 0 Å². The van der Waals surface area contributed by atoms with Gasteiger partial charge in [-0.25, -0.2) is 0 Å². The number of hydrogen-bond donors (Lipinski definition) is 2. The van der Waals surface area contributed by atoms with Gasteiger partial charge >= 0.3 is 0 Å². The maximum atomic E-state index is 12.6. The first kappa shape index (κ1) is 18.3. The second-order valence-electron chi connectivity index (χ2n) is 7.02. The van der Waals surface area contributed by atoms with Gasteiger partial charge in [-0.1, -0.05) is 13.0 Å². The molecule has 0 unspecified atom stereocenters. The second kappa shape index (κ2) is 7.83. The standard InChI is InChI=1S/C20H25N3O3/c1-3-9-22-11-7-15(8-12-22)21-18(24)14-5-6-16-17(13-14)20(26)23(10-4-2)19(16)25/h4-6,13,15H,2-3,7-12H2,1H3,(H,21,24)/p+1. The quantitative estimate of drug-likeness (QED) is 0.581. The molecular formula is C20H26N3O3+. The lowest BCUT2D eigenvalue weighted by atomic mass is 10.0. The molecule has 1 aromatic carbocycles. The number of piperidine rings is 1. The minimum Gasteiger partial charge on any atom is -0.349 e. The van der Waals surface area contributed by atoms with Crippen LogP contribution in [0.1, 0.15) is 57.3 Å². The number of rotatable bonds is 6. The molecule has 138 valence electrons. The molecule has 2 N–H and O–H groups in total. The normalized spacial score (nSPS) is 22.3. The van der Waals surface area contributed by atoms with Crippen molar-refractivity contribution in [3.05, 3.63) is 47.5 Å². The molecule has 1 aromatic rings. The fourth-order valence-electron chi connectivity index (χ4n) is 3.77. The fraction of sp³-hybridized carbons (Fsp3) is 0.450. The summed E-state index contributed by atoms with van der Waals surface area (Å²) in [4.78, 5) is 39.9. The van der Waals surface area contributed by atoms with Crippen LogP contribution in [0.15, 0.2) is 30.9 Å². The third kappa shape index (κ3) is 3.55. The van der Waals surface area contributed by atoms with E-state index < -0.39 is 0 Å². The van der Waals surface area contributed by atoms with Gasteiger partial charge in [0.1, 0.15) is 0 Å². The van der Waals surface area contributed by atoms with Crippen LogP contribution in [0.4, 0.5) is 0 Å². The van der Waals surface area contributed by atoms with E-state index in [2.05, 4.69) is 18.8 Å². The summed E-state index contributed by atoms with van der Waals surface area (Å²) in [7, 11) is 0. The number of benzene rings is 1. The molecule has 2 aliphatic heterocycles. The lowest BCUT2D eigenvalue weighted by molar-refractivity contribution is -0.905. The number of nitrogens with one attached hydrogen (secondary N) is 2. The lowest BCUT2D eigenvalue weighted by Crippen LogP contribution is -3.13. The maximum absolute atomic E-state index is 12.6. The van der Waals surface area contributed by atoms with Gasteiger partial charge in [0.05, 0.1) is 30.8 Å². The van der Waals surface area contributed by atoms with Crippen LogP contribution < -0.4 is 10.2 Å². The Labute approximate surface area is 153 Å². The summed E-state index contributed by atoms with van der Waals surface area (Å²) in [5.74, 6) is -0.877. The van der Waals surface area contributed by atoms with Crippen molar-refractivity contribution in [3.63, 3.8) is 0 Å². The summed E-state index contributed by atoms with van der Waals surface area (Å²) in [6.45, 7) is 9.27. The molecule has 1 saturated heterocycles. The summed E-state index contributed by atoms with van der Waals surface area (Å²) in [6, 6.07) is 4.90. The average Bonchev–Trinajstić information content (AvgIpc) is 2.88. The van der Waals surface area contributed by atoms with Gasteiger partial charge in [-0.3, -0.25) is 19.3 Å². The number of nitrogens with zero attached hydrogens (tertiary/aromatic N) is 1. The van der Waals surface area contributed by atoms with E-state index in [-0.39, 0.29) is 30.3 Å². The summed E-state index contributed by atoms with van der Waals surface area (Å²) in [6.07, 6.45) is 4.63. The van der Waals surface area contributed by atoms with Gasteiger partial charge < -0.3 is 10.2 Å². The van der Waals surface area contributed by atoms with Gasteiger partial charge in [0.2, 0.25) is 0 Å². The van der Waals surface area contributed by atoms with Crippen molar-refractivity contribution >= 4 is 17.7 Å². The Bertz CT molecular complexity index is 736. The third-order valence-corrected chi connectivity index (χ3v) is 5.18. The Morgan fingerprint density at radius 2 is 1.96 bits per heavy atom. The van der Waals surface area contributed by atoms with Crippen molar-refractivity contribution in [3.8, 4) is 0 Å². The maximum Gasteiger partial charge on any atom is 0.261 e. The van der Waals surface area contributed by atoms with Crippen LogP contribution in [0.3, 0.4) is 0 Å². The van der Waals surface area contributed by atoms with Gasteiger partial charge in [-0.15, -0.1) is 6.58 Å². The number of imide groups is 1. The van der Waals surface area contributed by atoms with Crippen molar-refractivity contribution in [2.24, 2.45) is 0 Å². The molecule has 3 amide bonds. The zero-order valence-corrected chi connectivity index (χ0v) is 15.2. The summed E-state index contributed by atoms with van der Waals surface area (Å²) < 4.78 is 0. The summed E-state index contributed by atoms with van der Waals surface area (Å²) >= 11 is 0. The zero-order chi connectivity index (χ0) is 18.7. The van der Waals surface area contributed by atoms with Crippen LogP contribution in [0.25, 0.3) is 0 Å². The zero-order valence-electron chi connectivity index (χ0n) is 15.2. The molecule has 0 spiro atoms. The van der Waals surface area contributed by atoms with E-state index in [4.69, 9.17) is 0 Å². The molecule has 2 aliphatic rings. The summed E-state index contributed by atoms with van der Waals surface area (Å²) in [5, 5.41) is 3.07. The third-order valence-electron chi connectivity index (χ3n) is 5.18. The molecule has 6 heteroatoms. The highest BCUT2D eigenvalue weighted by Crippen LogP contribution is 2.24. The Morgan fingerprint density at radius 3 is 2.62 bits per heavy atom. The average molecular weight is 356 g/mol. The van der Waals surface area contributed by atoms with Crippen molar-refractivity contribution in [1.29, 1.82) is 0 Å². The largest absolute Gasteiger partial charge is 0.349 e. The molecule has 2 heterocycles. The molecule has 0 radical (unpaired) electrons. The number of carbonyl (C=O) groups is 3. The van der Waals surface area contributed by atoms with Gasteiger partial charge in [0.15, 0.2) is 0 Å². The molecule has 6 nitrogen and oxygen atoms in total. The van der Waals surface area contributed by atoms with Crippen LogP contribution in [0, 0.1) is 0 Å². The molecule has 0 bridgehead atoms. The van der Waals surface area contributed by atoms with Crippen molar-refractivity contribution in [1.82, 2.24) is 10.2 Å². The minimum atomic E-state index is -0.365. The highest BCUT2D eigenvalue weighted by molar-refractivity contribution is 6.22. The van der Waals surface area contributed by atoms with E-state index >= 15 is 0 Å². The second-order valence-corrected chi connectivity index (χ2v) is 7.02. The van der Waals surface area contributed by atoms with Crippen molar-refractivity contribution in [2.45, 2.75) is 32.2 Å². The van der Waals surface area contributed by atoms with Gasteiger partial charge in [0, 0.05) is 31.0 Å². The molecule has 0 aromatic heterocycles. The number of carbonyl (C=O) groups excluding carboxylic acids is 3. The van der Waals surface area contributed by atoms with Gasteiger partial charge in [-0.05, 0) is 24.6 Å². The Hall–Kier alpha value is -2.47. The van der Waals surface area contributed by atoms with E-state index in [0.29, 0.717) is 16.7 Å². The molecular weight excluding hydrogens is 330 g/mol. The van der Waals surface area contributed by atoms with E-state index in [9.17, 15) is 14.4 Å².